The number of hydrogen-bond acceptors (Lipinski definition) is 3. The number of carbonyl (C=O) groups excluding carboxylic acids is 1. The largest absolute Gasteiger partial charge is 0.454 e. The van der Waals surface area contributed by atoms with Crippen molar-refractivity contribution in [2.24, 2.45) is 0 Å². The second-order valence-electron chi connectivity index (χ2n) is 5.83. The number of ketones is 1. The fourth-order valence-electron chi connectivity index (χ4n) is 3.15. The summed E-state index contributed by atoms with van der Waals surface area (Å²) >= 11 is 0. The first-order chi connectivity index (χ1) is 11.5. The van der Waals surface area contributed by atoms with Crippen LogP contribution in [0.4, 0.5) is 13.2 Å². The van der Waals surface area contributed by atoms with Crippen LogP contribution < -0.4 is 0 Å². The van der Waals surface area contributed by atoms with Crippen molar-refractivity contribution in [1.82, 2.24) is 4.90 Å². The van der Waals surface area contributed by atoms with Gasteiger partial charge in [-0.15, -0.1) is 0 Å². The first-order valence-electron chi connectivity index (χ1n) is 7.90. The fourth-order valence-corrected chi connectivity index (χ4v) is 3.15. The third-order valence-corrected chi connectivity index (χ3v) is 4.23. The molecule has 128 valence electrons. The summed E-state index contributed by atoms with van der Waals surface area (Å²) in [6.07, 6.45) is -2.39. The molecule has 0 bridgehead atoms. The highest BCUT2D eigenvalue weighted by molar-refractivity contribution is 6.01. The molecule has 2 aliphatic rings. The number of Topliss-reactive ketones (excluding diaryl/α,β-unsaturated/α-hetero) is 1. The third kappa shape index (κ3) is 3.53. The lowest BCUT2D eigenvalue weighted by molar-refractivity contribution is -0.166. The topological polar surface area (TPSA) is 29.5 Å². The van der Waals surface area contributed by atoms with Gasteiger partial charge in [-0.3, -0.25) is 4.79 Å². The molecule has 1 aliphatic heterocycles. The van der Waals surface area contributed by atoms with E-state index in [2.05, 4.69) is 0 Å². The van der Waals surface area contributed by atoms with Crippen molar-refractivity contribution >= 4 is 11.9 Å². The predicted octanol–water partition coefficient (Wildman–Crippen LogP) is 3.58. The van der Waals surface area contributed by atoms with Crippen LogP contribution in [0.5, 0.6) is 0 Å². The monoisotopic (exact) mass is 337 g/mol. The van der Waals surface area contributed by atoms with Crippen LogP contribution in [0.1, 0.15) is 18.4 Å². The van der Waals surface area contributed by atoms with Crippen LogP contribution in [-0.2, 0) is 9.53 Å². The number of nitrogens with zero attached hydrogens (tertiary/aromatic N) is 1. The maximum absolute atomic E-state index is 12.9. The number of ether oxygens (including phenoxy) is 1. The maximum atomic E-state index is 12.9. The average Bonchev–Trinajstić information content (AvgIpc) is 2.98. The van der Waals surface area contributed by atoms with Crippen molar-refractivity contribution in [1.29, 1.82) is 0 Å². The van der Waals surface area contributed by atoms with Crippen LogP contribution in [0.15, 0.2) is 47.2 Å². The quantitative estimate of drug-likeness (QED) is 0.844. The molecule has 0 spiro atoms. The van der Waals surface area contributed by atoms with Gasteiger partial charge < -0.3 is 9.64 Å². The lowest BCUT2D eigenvalue weighted by Crippen LogP contribution is -2.37. The summed E-state index contributed by atoms with van der Waals surface area (Å²) < 4.78 is 44.1. The minimum Gasteiger partial charge on any atom is -0.378 e. The van der Waals surface area contributed by atoms with Gasteiger partial charge in [0.1, 0.15) is 0 Å². The maximum Gasteiger partial charge on any atom is 0.454 e. The average molecular weight is 337 g/mol. The summed E-state index contributed by atoms with van der Waals surface area (Å²) in [5.74, 6) is -1.72. The number of alkyl halides is 3. The minimum absolute atomic E-state index is 0.119. The van der Waals surface area contributed by atoms with Crippen LogP contribution in [0.25, 0.3) is 6.08 Å². The number of rotatable bonds is 3. The van der Waals surface area contributed by atoms with Gasteiger partial charge in [-0.2, -0.15) is 13.2 Å². The third-order valence-electron chi connectivity index (χ3n) is 4.23. The number of allylic oxidation sites excluding steroid dienone is 2. The predicted molar refractivity (Wildman–Crippen MR) is 84.1 cm³/mol. The molecule has 0 aromatic heterocycles. The van der Waals surface area contributed by atoms with Crippen LogP contribution in [0.3, 0.4) is 0 Å². The molecule has 0 saturated carbocycles. The lowest BCUT2D eigenvalue weighted by Gasteiger charge is -2.31. The molecule has 6 heteroatoms. The number of carbonyl (C=O) groups is 1. The Morgan fingerprint density at radius 3 is 2.38 bits per heavy atom. The summed E-state index contributed by atoms with van der Waals surface area (Å²) in [5.41, 5.74) is 2.03. The highest BCUT2D eigenvalue weighted by Gasteiger charge is 2.44. The van der Waals surface area contributed by atoms with E-state index in [1.165, 1.54) is 0 Å². The van der Waals surface area contributed by atoms with E-state index in [4.69, 9.17) is 4.74 Å². The Labute approximate surface area is 138 Å². The van der Waals surface area contributed by atoms with Gasteiger partial charge in [0.15, 0.2) is 0 Å². The Morgan fingerprint density at radius 1 is 1.08 bits per heavy atom. The molecule has 0 unspecified atom stereocenters. The number of morpholine rings is 1. The molecule has 0 amide bonds. The molecule has 1 heterocycles. The van der Waals surface area contributed by atoms with Crippen LogP contribution in [-0.4, -0.2) is 43.2 Å². The van der Waals surface area contributed by atoms with Crippen molar-refractivity contribution in [3.05, 3.63) is 52.7 Å². The van der Waals surface area contributed by atoms with Gasteiger partial charge in [-0.25, -0.2) is 0 Å². The van der Waals surface area contributed by atoms with Crippen LogP contribution in [0.2, 0.25) is 0 Å². The molecule has 0 N–H and O–H groups in total. The summed E-state index contributed by atoms with van der Waals surface area (Å²) in [6.45, 7) is 1.90. The van der Waals surface area contributed by atoms with Gasteiger partial charge in [0.05, 0.1) is 13.2 Å². The molecule has 3 rings (SSSR count). The van der Waals surface area contributed by atoms with Gasteiger partial charge >= 0.3 is 6.18 Å². The van der Waals surface area contributed by atoms with E-state index >= 15 is 0 Å². The molecular weight excluding hydrogens is 319 g/mol. The van der Waals surface area contributed by atoms with E-state index in [-0.39, 0.29) is 12.0 Å². The van der Waals surface area contributed by atoms with Crippen molar-refractivity contribution in [2.75, 3.05) is 26.3 Å². The molecule has 1 aliphatic carbocycles. The Morgan fingerprint density at radius 2 is 1.75 bits per heavy atom. The first-order valence-corrected chi connectivity index (χ1v) is 7.90. The highest BCUT2D eigenvalue weighted by atomic mass is 19.4. The molecular formula is C18H18F3NO2. The van der Waals surface area contributed by atoms with Crippen molar-refractivity contribution in [3.8, 4) is 0 Å². The molecule has 0 radical (unpaired) electrons. The van der Waals surface area contributed by atoms with Gasteiger partial charge in [-0.05, 0) is 30.1 Å². The molecule has 24 heavy (non-hydrogen) atoms. The number of hydrogen-bond donors (Lipinski definition) is 0. The molecule has 1 fully saturated rings. The van der Waals surface area contributed by atoms with Gasteiger partial charge in [-0.1, -0.05) is 30.3 Å². The summed E-state index contributed by atoms with van der Waals surface area (Å²) in [7, 11) is 0. The normalized spacial score (nSPS) is 20.8. The van der Waals surface area contributed by atoms with Crippen LogP contribution in [0, 0.1) is 0 Å². The first kappa shape index (κ1) is 16.8. The zero-order valence-electron chi connectivity index (χ0n) is 13.1. The smallest absolute Gasteiger partial charge is 0.378 e. The van der Waals surface area contributed by atoms with E-state index in [1.54, 1.807) is 0 Å². The molecule has 0 atom stereocenters. The minimum atomic E-state index is -4.84. The van der Waals surface area contributed by atoms with Crippen molar-refractivity contribution in [2.45, 2.75) is 19.0 Å². The SMILES string of the molecule is O=C(C1=C(N2CCOCC2)/C(=C/c2ccccc2)CC1)C(F)(F)F. The highest BCUT2D eigenvalue weighted by Crippen LogP contribution is 2.39. The van der Waals surface area contributed by atoms with Crippen molar-refractivity contribution < 1.29 is 22.7 Å². The second kappa shape index (κ2) is 6.81. The van der Waals surface area contributed by atoms with E-state index in [0.29, 0.717) is 38.4 Å². The summed E-state index contributed by atoms with van der Waals surface area (Å²) in [6, 6.07) is 9.43. The van der Waals surface area contributed by atoms with Crippen LogP contribution >= 0.6 is 0 Å². The van der Waals surface area contributed by atoms with Crippen molar-refractivity contribution in [3.63, 3.8) is 0 Å². The molecule has 1 saturated heterocycles. The van der Waals surface area contributed by atoms with E-state index in [0.717, 1.165) is 11.1 Å². The Bertz CT molecular complexity index is 671. The fraction of sp³-hybridized carbons (Fsp3) is 0.389. The lowest BCUT2D eigenvalue weighted by atomic mass is 10.1. The zero-order valence-corrected chi connectivity index (χ0v) is 13.1. The zero-order chi connectivity index (χ0) is 17.2. The summed E-state index contributed by atoms with van der Waals surface area (Å²) in [5, 5.41) is 0. The molecule has 1 aromatic rings. The standard InChI is InChI=1S/C18H18F3NO2/c19-18(20,21)17(23)15-7-6-14(12-13-4-2-1-3-5-13)16(15)22-8-10-24-11-9-22/h1-5,12H,6-11H2/b14-12+. The van der Waals surface area contributed by atoms with E-state index in [9.17, 15) is 18.0 Å². The molecule has 1 aromatic carbocycles. The second-order valence-corrected chi connectivity index (χ2v) is 5.83. The summed E-state index contributed by atoms with van der Waals surface area (Å²) in [4.78, 5) is 13.7. The van der Waals surface area contributed by atoms with Gasteiger partial charge in [0.25, 0.3) is 5.78 Å². The Hall–Kier alpha value is -2.08. The number of benzene rings is 1. The van der Waals surface area contributed by atoms with Gasteiger partial charge in [0.2, 0.25) is 0 Å². The number of halogens is 3. The van der Waals surface area contributed by atoms with Gasteiger partial charge in [0, 0.05) is 24.4 Å². The van der Waals surface area contributed by atoms with E-state index < -0.39 is 12.0 Å². The Kier molecular flexibility index (Phi) is 4.76. The Balaban J connectivity index is 2.02. The van der Waals surface area contributed by atoms with E-state index in [1.807, 2.05) is 41.3 Å². The molecule has 3 nitrogen and oxygen atoms in total.